The number of aliphatic hydroxyl groups is 1. The Hall–Kier alpha value is -1.13. The summed E-state index contributed by atoms with van der Waals surface area (Å²) in [5.41, 5.74) is 7.57. The first-order valence-corrected chi connectivity index (χ1v) is 6.73. The number of benzene rings is 1. The monoisotopic (exact) mass is 265 g/mol. The van der Waals surface area contributed by atoms with E-state index in [1.807, 2.05) is 25.1 Å². The number of hydrogen-bond donors (Lipinski definition) is 2. The number of thiocarbonyl (C=S) groups is 1. The number of nitrogens with two attached hydrogens (primary N) is 1. The maximum absolute atomic E-state index is 9.50. The van der Waals surface area contributed by atoms with Crippen molar-refractivity contribution >= 4 is 17.3 Å². The van der Waals surface area contributed by atoms with Crippen LogP contribution in [-0.2, 0) is 0 Å². The second kappa shape index (κ2) is 5.67. The summed E-state index contributed by atoms with van der Waals surface area (Å²) in [4.78, 5) is 0. The first-order chi connectivity index (χ1) is 8.56. The standard InChI is InChI=1S/C14H19NO2S/c1-9-2-7-12(14(16)18)13(8-9)17-11-5-3-10(15)4-6-11/h2,7-8,10-11H,3-6,15H2,1H3,(H,16,18)/t10-,11+. The van der Waals surface area contributed by atoms with Gasteiger partial charge in [-0.15, -0.1) is 0 Å². The topological polar surface area (TPSA) is 55.5 Å². The average Bonchev–Trinajstić information content (AvgIpc) is 2.32. The molecule has 0 aromatic heterocycles. The van der Waals surface area contributed by atoms with Gasteiger partial charge in [-0.05, 0) is 62.5 Å². The van der Waals surface area contributed by atoms with Crippen LogP contribution < -0.4 is 10.5 Å². The van der Waals surface area contributed by atoms with Gasteiger partial charge in [0.2, 0.25) is 0 Å². The number of aryl methyl sites for hydroxylation is 1. The molecule has 4 heteroatoms. The highest BCUT2D eigenvalue weighted by Gasteiger charge is 2.21. The lowest BCUT2D eigenvalue weighted by molar-refractivity contribution is 0.146. The zero-order valence-electron chi connectivity index (χ0n) is 10.6. The van der Waals surface area contributed by atoms with Crippen LogP contribution in [-0.4, -0.2) is 22.3 Å². The van der Waals surface area contributed by atoms with E-state index >= 15 is 0 Å². The Kier molecular flexibility index (Phi) is 4.19. The van der Waals surface area contributed by atoms with Crippen LogP contribution >= 0.6 is 12.2 Å². The molecule has 1 fully saturated rings. The fraction of sp³-hybridized carbons (Fsp3) is 0.500. The van der Waals surface area contributed by atoms with Crippen LogP contribution in [0.5, 0.6) is 5.75 Å². The first kappa shape index (κ1) is 13.3. The van der Waals surface area contributed by atoms with E-state index in [9.17, 15) is 5.11 Å². The number of rotatable bonds is 3. The molecule has 1 saturated carbocycles. The minimum absolute atomic E-state index is 0.113. The molecule has 0 bridgehead atoms. The highest BCUT2D eigenvalue weighted by molar-refractivity contribution is 7.80. The molecule has 98 valence electrons. The van der Waals surface area contributed by atoms with Crippen molar-refractivity contribution < 1.29 is 9.84 Å². The van der Waals surface area contributed by atoms with Gasteiger partial charge in [0.25, 0.3) is 0 Å². The summed E-state index contributed by atoms with van der Waals surface area (Å²) in [5, 5.41) is 9.39. The molecule has 1 aromatic carbocycles. The van der Waals surface area contributed by atoms with Gasteiger partial charge in [-0.25, -0.2) is 0 Å². The Morgan fingerprint density at radius 2 is 2.00 bits per heavy atom. The van der Waals surface area contributed by atoms with Crippen LogP contribution in [0.2, 0.25) is 0 Å². The predicted molar refractivity (Wildman–Crippen MR) is 76.4 cm³/mol. The highest BCUT2D eigenvalue weighted by Crippen LogP contribution is 2.27. The van der Waals surface area contributed by atoms with Crippen molar-refractivity contribution in [3.05, 3.63) is 29.3 Å². The molecule has 0 saturated heterocycles. The van der Waals surface area contributed by atoms with Crippen molar-refractivity contribution in [3.63, 3.8) is 0 Å². The summed E-state index contributed by atoms with van der Waals surface area (Å²) in [6.45, 7) is 1.99. The summed E-state index contributed by atoms with van der Waals surface area (Å²) in [6.07, 6.45) is 4.10. The highest BCUT2D eigenvalue weighted by atomic mass is 32.1. The number of ether oxygens (including phenoxy) is 1. The molecule has 0 spiro atoms. The van der Waals surface area contributed by atoms with Crippen molar-refractivity contribution in [2.45, 2.75) is 44.8 Å². The summed E-state index contributed by atoms with van der Waals surface area (Å²) in [7, 11) is 0. The second-order valence-corrected chi connectivity index (χ2v) is 5.35. The van der Waals surface area contributed by atoms with Crippen LogP contribution in [0.4, 0.5) is 0 Å². The van der Waals surface area contributed by atoms with Crippen LogP contribution in [0.3, 0.4) is 0 Å². The second-order valence-electron chi connectivity index (χ2n) is 4.96. The zero-order valence-corrected chi connectivity index (χ0v) is 11.4. The summed E-state index contributed by atoms with van der Waals surface area (Å²) >= 11 is 4.83. The Labute approximate surface area is 113 Å². The Balaban J connectivity index is 2.12. The van der Waals surface area contributed by atoms with Gasteiger partial charge >= 0.3 is 0 Å². The van der Waals surface area contributed by atoms with Gasteiger partial charge in [0.15, 0.2) is 5.05 Å². The molecule has 3 N–H and O–H groups in total. The summed E-state index contributed by atoms with van der Waals surface area (Å²) in [5.74, 6) is 0.683. The molecular formula is C14H19NO2S. The predicted octanol–water partition coefficient (Wildman–Crippen LogP) is 2.88. The van der Waals surface area contributed by atoms with Crippen LogP contribution in [0, 0.1) is 6.92 Å². The summed E-state index contributed by atoms with van der Waals surface area (Å²) in [6, 6.07) is 5.95. The Morgan fingerprint density at radius 1 is 1.33 bits per heavy atom. The molecule has 0 radical (unpaired) electrons. The maximum Gasteiger partial charge on any atom is 0.192 e. The SMILES string of the molecule is Cc1ccc(C(O)=S)c(O[C@H]2CC[C@@H](N)CC2)c1. The van der Waals surface area contributed by atoms with Gasteiger partial charge in [0.1, 0.15) is 5.75 Å². The van der Waals surface area contributed by atoms with Crippen molar-refractivity contribution in [1.29, 1.82) is 0 Å². The minimum Gasteiger partial charge on any atom is -0.498 e. The fourth-order valence-corrected chi connectivity index (χ4v) is 2.46. The van der Waals surface area contributed by atoms with Gasteiger partial charge in [-0.2, -0.15) is 0 Å². The molecule has 1 aliphatic rings. The molecule has 0 atom stereocenters. The molecule has 1 aromatic rings. The van der Waals surface area contributed by atoms with Crippen LogP contribution in [0.15, 0.2) is 18.2 Å². The van der Waals surface area contributed by atoms with Crippen LogP contribution in [0.25, 0.3) is 0 Å². The van der Waals surface area contributed by atoms with E-state index in [2.05, 4.69) is 0 Å². The van der Waals surface area contributed by atoms with Gasteiger partial charge in [-0.1, -0.05) is 6.07 Å². The molecule has 0 unspecified atom stereocenters. The lowest BCUT2D eigenvalue weighted by Crippen LogP contribution is -2.32. The quantitative estimate of drug-likeness (QED) is 0.825. The van der Waals surface area contributed by atoms with Gasteiger partial charge in [0, 0.05) is 6.04 Å². The third-order valence-electron chi connectivity index (χ3n) is 3.38. The van der Waals surface area contributed by atoms with Gasteiger partial charge in [-0.3, -0.25) is 0 Å². The van der Waals surface area contributed by atoms with E-state index in [0.29, 0.717) is 17.4 Å². The molecule has 18 heavy (non-hydrogen) atoms. The first-order valence-electron chi connectivity index (χ1n) is 6.32. The molecule has 0 heterocycles. The lowest BCUT2D eigenvalue weighted by Gasteiger charge is -2.27. The van der Waals surface area contributed by atoms with Crippen molar-refractivity contribution in [1.82, 2.24) is 0 Å². The van der Waals surface area contributed by atoms with Crippen molar-refractivity contribution in [3.8, 4) is 5.75 Å². The van der Waals surface area contributed by atoms with Crippen molar-refractivity contribution in [2.75, 3.05) is 0 Å². The zero-order chi connectivity index (χ0) is 13.1. The van der Waals surface area contributed by atoms with Gasteiger partial charge in [0.05, 0.1) is 11.7 Å². The normalized spacial score (nSPS) is 23.7. The van der Waals surface area contributed by atoms with E-state index in [1.54, 1.807) is 0 Å². The molecule has 0 amide bonds. The smallest absolute Gasteiger partial charge is 0.192 e. The van der Waals surface area contributed by atoms with E-state index in [1.165, 1.54) is 0 Å². The van der Waals surface area contributed by atoms with E-state index in [0.717, 1.165) is 31.2 Å². The lowest BCUT2D eigenvalue weighted by atomic mass is 9.93. The third-order valence-corrected chi connectivity index (χ3v) is 3.60. The van der Waals surface area contributed by atoms with E-state index in [-0.39, 0.29) is 11.2 Å². The molecule has 1 aliphatic carbocycles. The maximum atomic E-state index is 9.50. The molecule has 3 nitrogen and oxygen atoms in total. The molecule has 2 rings (SSSR count). The summed E-state index contributed by atoms with van der Waals surface area (Å²) < 4.78 is 5.97. The fourth-order valence-electron chi connectivity index (χ4n) is 2.29. The largest absolute Gasteiger partial charge is 0.498 e. The number of aliphatic hydroxyl groups excluding tert-OH is 1. The molecular weight excluding hydrogens is 246 g/mol. The average molecular weight is 265 g/mol. The van der Waals surface area contributed by atoms with E-state index in [4.69, 9.17) is 22.7 Å². The Morgan fingerprint density at radius 3 is 2.61 bits per heavy atom. The third kappa shape index (κ3) is 3.21. The van der Waals surface area contributed by atoms with E-state index < -0.39 is 0 Å². The number of hydrogen-bond acceptors (Lipinski definition) is 3. The Bertz CT molecular complexity index is 439. The van der Waals surface area contributed by atoms with Crippen molar-refractivity contribution in [2.24, 2.45) is 5.73 Å². The van der Waals surface area contributed by atoms with Gasteiger partial charge < -0.3 is 15.6 Å². The minimum atomic E-state index is -0.113. The van der Waals surface area contributed by atoms with Crippen LogP contribution in [0.1, 0.15) is 36.8 Å². The molecule has 0 aliphatic heterocycles.